The molecule has 1 amide bonds. The number of nitrogens with zero attached hydrogens (tertiary/aromatic N) is 1. The minimum atomic E-state index is -0.245. The second kappa shape index (κ2) is 7.49. The van der Waals surface area contributed by atoms with Crippen LogP contribution in [0.25, 0.3) is 10.6 Å². The molecule has 1 aromatic heterocycles. The van der Waals surface area contributed by atoms with Crippen LogP contribution in [0.5, 0.6) is 0 Å². The van der Waals surface area contributed by atoms with Gasteiger partial charge in [0.05, 0.1) is 5.69 Å². The van der Waals surface area contributed by atoms with E-state index >= 15 is 0 Å². The van der Waals surface area contributed by atoms with Crippen molar-refractivity contribution in [1.29, 1.82) is 0 Å². The summed E-state index contributed by atoms with van der Waals surface area (Å²) in [5.41, 5.74) is 1.90. The number of rotatable bonds is 6. The smallest absolute Gasteiger partial charge is 0.220 e. The van der Waals surface area contributed by atoms with E-state index in [9.17, 15) is 9.18 Å². The van der Waals surface area contributed by atoms with Crippen molar-refractivity contribution in [3.63, 3.8) is 0 Å². The highest BCUT2D eigenvalue weighted by Gasteiger charge is 2.10. The lowest BCUT2D eigenvalue weighted by molar-refractivity contribution is -0.121. The van der Waals surface area contributed by atoms with Gasteiger partial charge in [0, 0.05) is 29.8 Å². The van der Waals surface area contributed by atoms with Gasteiger partial charge in [0.25, 0.3) is 0 Å². The normalized spacial score (nSPS) is 11.0. The maximum atomic E-state index is 13.0. The minimum Gasteiger partial charge on any atom is -0.356 e. The van der Waals surface area contributed by atoms with Crippen LogP contribution in [0.2, 0.25) is 0 Å². The third-order valence-electron chi connectivity index (χ3n) is 3.25. The fourth-order valence-electron chi connectivity index (χ4n) is 2.13. The van der Waals surface area contributed by atoms with Crippen molar-refractivity contribution in [2.24, 2.45) is 5.92 Å². The van der Waals surface area contributed by atoms with E-state index in [-0.39, 0.29) is 11.7 Å². The topological polar surface area (TPSA) is 42.0 Å². The van der Waals surface area contributed by atoms with Crippen molar-refractivity contribution in [3.05, 3.63) is 40.7 Å². The molecule has 0 aliphatic heterocycles. The van der Waals surface area contributed by atoms with Crippen LogP contribution in [0, 0.1) is 18.7 Å². The van der Waals surface area contributed by atoms with Gasteiger partial charge in [-0.05, 0) is 37.1 Å². The quantitative estimate of drug-likeness (QED) is 0.875. The van der Waals surface area contributed by atoms with Crippen LogP contribution in [0.3, 0.4) is 0 Å². The number of aromatic nitrogens is 1. The number of carbonyl (C=O) groups excluding carboxylic acids is 1. The zero-order valence-corrected chi connectivity index (χ0v) is 14.0. The number of hydrogen-bond acceptors (Lipinski definition) is 3. The van der Waals surface area contributed by atoms with E-state index < -0.39 is 0 Å². The number of nitrogens with one attached hydrogen (secondary N) is 1. The lowest BCUT2D eigenvalue weighted by Gasteiger charge is -2.06. The Bertz CT molecular complexity index is 635. The average Bonchev–Trinajstić information content (AvgIpc) is 2.80. The van der Waals surface area contributed by atoms with Crippen molar-refractivity contribution in [2.75, 3.05) is 6.54 Å². The second-order valence-corrected chi connectivity index (χ2v) is 6.82. The minimum absolute atomic E-state index is 0.0935. The summed E-state index contributed by atoms with van der Waals surface area (Å²) in [6, 6.07) is 6.36. The average molecular weight is 320 g/mol. The summed E-state index contributed by atoms with van der Waals surface area (Å²) < 4.78 is 13.0. The lowest BCUT2D eigenvalue weighted by atomic mass is 10.1. The van der Waals surface area contributed by atoms with Crippen LogP contribution in [0.15, 0.2) is 24.3 Å². The molecule has 0 atom stereocenters. The highest BCUT2D eigenvalue weighted by molar-refractivity contribution is 7.15. The van der Waals surface area contributed by atoms with Gasteiger partial charge in [-0.15, -0.1) is 11.3 Å². The van der Waals surface area contributed by atoms with Gasteiger partial charge < -0.3 is 5.32 Å². The molecule has 0 bridgehead atoms. The van der Waals surface area contributed by atoms with Crippen molar-refractivity contribution < 1.29 is 9.18 Å². The summed E-state index contributed by atoms with van der Waals surface area (Å²) >= 11 is 1.60. The van der Waals surface area contributed by atoms with E-state index in [0.29, 0.717) is 18.9 Å². The number of carbonyl (C=O) groups is 1. The molecule has 5 heteroatoms. The zero-order chi connectivity index (χ0) is 16.1. The Morgan fingerprint density at radius 1 is 1.32 bits per heavy atom. The lowest BCUT2D eigenvalue weighted by Crippen LogP contribution is -2.26. The number of halogens is 1. The Kier molecular flexibility index (Phi) is 5.66. The molecular weight excluding hydrogens is 299 g/mol. The molecule has 1 N–H and O–H groups in total. The Balaban J connectivity index is 1.95. The molecule has 0 radical (unpaired) electrons. The van der Waals surface area contributed by atoms with Crippen LogP contribution in [-0.2, 0) is 11.2 Å². The first-order chi connectivity index (χ1) is 10.5. The molecule has 0 saturated heterocycles. The first kappa shape index (κ1) is 16.6. The first-order valence-electron chi connectivity index (χ1n) is 7.44. The van der Waals surface area contributed by atoms with Gasteiger partial charge in [0.1, 0.15) is 10.8 Å². The number of amides is 1. The highest BCUT2D eigenvalue weighted by atomic mass is 32.1. The molecule has 3 nitrogen and oxygen atoms in total. The molecule has 118 valence electrons. The first-order valence-corrected chi connectivity index (χ1v) is 8.26. The summed E-state index contributed by atoms with van der Waals surface area (Å²) in [7, 11) is 0. The number of benzene rings is 1. The Morgan fingerprint density at radius 3 is 2.64 bits per heavy atom. The summed E-state index contributed by atoms with van der Waals surface area (Å²) in [4.78, 5) is 17.3. The SMILES string of the molecule is Cc1nc(-c2ccc(F)cc2)sc1CCNC(=O)CC(C)C. The maximum Gasteiger partial charge on any atom is 0.220 e. The predicted octanol–water partition coefficient (Wildman–Crippen LogP) is 3.96. The van der Waals surface area contributed by atoms with E-state index in [0.717, 1.165) is 27.6 Å². The molecule has 2 rings (SSSR count). The van der Waals surface area contributed by atoms with Crippen molar-refractivity contribution in [3.8, 4) is 10.6 Å². The van der Waals surface area contributed by atoms with Crippen LogP contribution < -0.4 is 5.32 Å². The van der Waals surface area contributed by atoms with Crippen molar-refractivity contribution in [1.82, 2.24) is 10.3 Å². The third kappa shape index (κ3) is 4.63. The summed E-state index contributed by atoms with van der Waals surface area (Å²) in [6.07, 6.45) is 1.33. The molecule has 0 aliphatic carbocycles. The summed E-state index contributed by atoms with van der Waals surface area (Å²) in [6.45, 7) is 6.65. The van der Waals surface area contributed by atoms with Gasteiger partial charge in [0.15, 0.2) is 0 Å². The van der Waals surface area contributed by atoms with Crippen LogP contribution in [0.1, 0.15) is 30.8 Å². The van der Waals surface area contributed by atoms with E-state index in [1.54, 1.807) is 23.5 Å². The van der Waals surface area contributed by atoms with E-state index in [4.69, 9.17) is 0 Å². The standard InChI is InChI=1S/C17H21FN2OS/c1-11(2)10-16(21)19-9-8-15-12(3)20-17(22-15)13-4-6-14(18)7-5-13/h4-7,11H,8-10H2,1-3H3,(H,19,21). The van der Waals surface area contributed by atoms with Gasteiger partial charge in [-0.25, -0.2) is 9.37 Å². The van der Waals surface area contributed by atoms with Gasteiger partial charge in [-0.1, -0.05) is 13.8 Å². The fourth-order valence-corrected chi connectivity index (χ4v) is 3.20. The number of hydrogen-bond donors (Lipinski definition) is 1. The van der Waals surface area contributed by atoms with E-state index in [1.165, 1.54) is 12.1 Å². The summed E-state index contributed by atoms with van der Waals surface area (Å²) in [5, 5.41) is 3.83. The maximum absolute atomic E-state index is 13.0. The van der Waals surface area contributed by atoms with Crippen LogP contribution >= 0.6 is 11.3 Å². The van der Waals surface area contributed by atoms with Crippen LogP contribution in [0.4, 0.5) is 4.39 Å². The molecule has 1 aromatic carbocycles. The van der Waals surface area contributed by atoms with Crippen LogP contribution in [-0.4, -0.2) is 17.4 Å². The second-order valence-electron chi connectivity index (χ2n) is 5.73. The molecule has 1 heterocycles. The third-order valence-corrected chi connectivity index (χ3v) is 4.52. The Labute approximate surface area is 134 Å². The van der Waals surface area contributed by atoms with E-state index in [2.05, 4.69) is 10.3 Å². The predicted molar refractivity (Wildman–Crippen MR) is 88.4 cm³/mol. The van der Waals surface area contributed by atoms with Crippen molar-refractivity contribution >= 4 is 17.2 Å². The molecule has 2 aromatic rings. The monoisotopic (exact) mass is 320 g/mol. The highest BCUT2D eigenvalue weighted by Crippen LogP contribution is 2.28. The Hall–Kier alpha value is -1.75. The molecule has 0 unspecified atom stereocenters. The van der Waals surface area contributed by atoms with Gasteiger partial charge in [-0.2, -0.15) is 0 Å². The van der Waals surface area contributed by atoms with Gasteiger partial charge >= 0.3 is 0 Å². The zero-order valence-electron chi connectivity index (χ0n) is 13.1. The molecule has 22 heavy (non-hydrogen) atoms. The fraction of sp³-hybridized carbons (Fsp3) is 0.412. The molecule has 0 spiro atoms. The number of aryl methyl sites for hydroxylation is 1. The molecule has 0 fully saturated rings. The molecule has 0 aliphatic rings. The number of thiazole rings is 1. The van der Waals surface area contributed by atoms with Crippen molar-refractivity contribution in [2.45, 2.75) is 33.6 Å². The summed E-state index contributed by atoms with van der Waals surface area (Å²) in [5.74, 6) is 0.219. The molecular formula is C17H21FN2OS. The Morgan fingerprint density at radius 2 is 2.00 bits per heavy atom. The van der Waals surface area contributed by atoms with Gasteiger partial charge in [0.2, 0.25) is 5.91 Å². The largest absolute Gasteiger partial charge is 0.356 e. The van der Waals surface area contributed by atoms with E-state index in [1.807, 2.05) is 20.8 Å². The van der Waals surface area contributed by atoms with Gasteiger partial charge in [-0.3, -0.25) is 4.79 Å². The molecule has 0 saturated carbocycles.